The van der Waals surface area contributed by atoms with Crippen LogP contribution in [0.25, 0.3) is 0 Å². The molecule has 1 aromatic carbocycles. The van der Waals surface area contributed by atoms with Crippen LogP contribution in [0.15, 0.2) is 22.6 Å². The van der Waals surface area contributed by atoms with Gasteiger partial charge in [-0.25, -0.2) is 0 Å². The normalized spacial score (nSPS) is 14.9. The highest BCUT2D eigenvalue weighted by atomic mass is 35.5. The van der Waals surface area contributed by atoms with Crippen molar-refractivity contribution in [1.29, 1.82) is 0 Å². The number of nitrogens with zero attached hydrogens (tertiary/aromatic N) is 1. The second-order valence-corrected chi connectivity index (χ2v) is 7.17. The van der Waals surface area contributed by atoms with Gasteiger partial charge in [-0.3, -0.25) is 0 Å². The van der Waals surface area contributed by atoms with Crippen molar-refractivity contribution in [3.8, 4) is 0 Å². The van der Waals surface area contributed by atoms with E-state index in [1.54, 1.807) is 20.8 Å². The van der Waals surface area contributed by atoms with Crippen molar-refractivity contribution in [2.75, 3.05) is 0 Å². The lowest BCUT2D eigenvalue weighted by molar-refractivity contribution is -0.137. The van der Waals surface area contributed by atoms with E-state index in [9.17, 15) is 17.7 Å². The molecule has 0 spiro atoms. The molecule has 0 heterocycles. The number of hydrogen-bond donors (Lipinski definition) is 0. The van der Waals surface area contributed by atoms with Crippen molar-refractivity contribution in [3.05, 3.63) is 34.3 Å². The van der Waals surface area contributed by atoms with Gasteiger partial charge in [-0.05, 0) is 39.0 Å². The number of hydrogen-bond acceptors (Lipinski definition) is 2. The molecule has 2 nitrogen and oxygen atoms in total. The molecule has 1 aromatic rings. The van der Waals surface area contributed by atoms with Crippen molar-refractivity contribution >= 4 is 29.2 Å². The van der Waals surface area contributed by atoms with Gasteiger partial charge in [-0.1, -0.05) is 16.0 Å². The first-order valence-corrected chi connectivity index (χ1v) is 6.83. The lowest BCUT2D eigenvalue weighted by Gasteiger charge is -2.17. The van der Waals surface area contributed by atoms with Crippen molar-refractivity contribution in [3.63, 3.8) is 0 Å². The minimum Gasteiger partial charge on any atom is -0.591 e. The Morgan fingerprint density at radius 2 is 1.84 bits per heavy atom. The molecule has 19 heavy (non-hydrogen) atoms. The van der Waals surface area contributed by atoms with Gasteiger partial charge in [0.2, 0.25) is 0 Å². The highest BCUT2D eigenvalue weighted by Gasteiger charge is 2.31. The molecule has 0 aliphatic heterocycles. The average Bonchev–Trinajstić information content (AvgIpc) is 2.24. The van der Waals surface area contributed by atoms with E-state index in [2.05, 4.69) is 4.40 Å². The smallest absolute Gasteiger partial charge is 0.416 e. The van der Waals surface area contributed by atoms with E-state index in [-0.39, 0.29) is 10.6 Å². The van der Waals surface area contributed by atoms with Gasteiger partial charge >= 0.3 is 6.18 Å². The van der Waals surface area contributed by atoms with E-state index in [0.717, 1.165) is 24.4 Å². The molecule has 1 rings (SSSR count). The lowest BCUT2D eigenvalue weighted by atomic mass is 10.1. The van der Waals surface area contributed by atoms with E-state index in [1.165, 1.54) is 0 Å². The summed E-state index contributed by atoms with van der Waals surface area (Å²) >= 11 is 4.24. The number of halogens is 4. The zero-order chi connectivity index (χ0) is 14.8. The van der Waals surface area contributed by atoms with Crippen LogP contribution in [0.5, 0.6) is 0 Å². The summed E-state index contributed by atoms with van der Waals surface area (Å²) in [5.41, 5.74) is -0.728. The van der Waals surface area contributed by atoms with Crippen LogP contribution in [0.2, 0.25) is 5.02 Å². The predicted molar refractivity (Wildman–Crippen MR) is 71.9 cm³/mol. The maximum Gasteiger partial charge on any atom is 0.416 e. The second kappa shape index (κ2) is 5.73. The number of rotatable bonds is 2. The molecule has 0 aromatic heterocycles. The van der Waals surface area contributed by atoms with Crippen molar-refractivity contribution in [2.45, 2.75) is 31.7 Å². The van der Waals surface area contributed by atoms with Gasteiger partial charge < -0.3 is 4.55 Å². The first-order valence-electron chi connectivity index (χ1n) is 5.34. The predicted octanol–water partition coefficient (Wildman–Crippen LogP) is 4.24. The quantitative estimate of drug-likeness (QED) is 0.594. The molecule has 7 heteroatoms. The van der Waals surface area contributed by atoms with E-state index in [4.69, 9.17) is 11.6 Å². The molecule has 0 N–H and O–H groups in total. The summed E-state index contributed by atoms with van der Waals surface area (Å²) in [4.78, 5) is 0. The molecule has 1 unspecified atom stereocenters. The minimum atomic E-state index is -4.45. The van der Waals surface area contributed by atoms with Gasteiger partial charge in [0.05, 0.1) is 11.8 Å². The van der Waals surface area contributed by atoms with Crippen molar-refractivity contribution in [1.82, 2.24) is 0 Å². The van der Waals surface area contributed by atoms with Crippen molar-refractivity contribution < 1.29 is 17.7 Å². The molecule has 0 amide bonds. The zero-order valence-electron chi connectivity index (χ0n) is 10.6. The molecule has 106 valence electrons. The number of benzene rings is 1. The Balaban J connectivity index is 3.05. The van der Waals surface area contributed by atoms with E-state index < -0.39 is 27.8 Å². The van der Waals surface area contributed by atoms with Crippen LogP contribution >= 0.6 is 11.6 Å². The monoisotopic (exact) mass is 311 g/mol. The Morgan fingerprint density at radius 3 is 2.32 bits per heavy atom. The Labute approximate surface area is 118 Å². The SMILES string of the molecule is CC(C)(C)[S+]([O-])/N=C/c1cc(C(F)(F)F)ccc1Cl. The van der Waals surface area contributed by atoms with Gasteiger partial charge in [0, 0.05) is 10.6 Å². The van der Waals surface area contributed by atoms with E-state index in [1.807, 2.05) is 0 Å². The molecule has 0 bridgehead atoms. The largest absolute Gasteiger partial charge is 0.591 e. The van der Waals surface area contributed by atoms with Crippen LogP contribution < -0.4 is 0 Å². The highest BCUT2D eigenvalue weighted by Crippen LogP contribution is 2.31. The molecule has 0 aliphatic carbocycles. The summed E-state index contributed by atoms with van der Waals surface area (Å²) in [7, 11) is 0. The molecular weight excluding hydrogens is 299 g/mol. The molecule has 0 saturated heterocycles. The Hall–Kier alpha value is -0.720. The summed E-state index contributed by atoms with van der Waals surface area (Å²) in [6, 6.07) is 2.91. The molecule has 0 saturated carbocycles. The first kappa shape index (κ1) is 16.3. The van der Waals surface area contributed by atoms with Crippen LogP contribution in [-0.2, 0) is 17.5 Å². The Morgan fingerprint density at radius 1 is 1.26 bits per heavy atom. The topological polar surface area (TPSA) is 35.4 Å². The summed E-state index contributed by atoms with van der Waals surface area (Å²) in [6.07, 6.45) is -3.34. The van der Waals surface area contributed by atoms with Gasteiger partial charge in [0.25, 0.3) is 0 Å². The van der Waals surface area contributed by atoms with Crippen LogP contribution in [-0.4, -0.2) is 15.5 Å². The third-order valence-corrected chi connectivity index (χ3v) is 3.82. The maximum atomic E-state index is 12.5. The number of alkyl halides is 3. The third-order valence-electron chi connectivity index (χ3n) is 2.13. The van der Waals surface area contributed by atoms with Crippen LogP contribution in [0.3, 0.4) is 0 Å². The minimum absolute atomic E-state index is 0.0918. The van der Waals surface area contributed by atoms with Gasteiger partial charge in [-0.2, -0.15) is 13.2 Å². The van der Waals surface area contributed by atoms with Gasteiger partial charge in [0.15, 0.2) is 0 Å². The van der Waals surface area contributed by atoms with E-state index in [0.29, 0.717) is 0 Å². The molecular formula is C12H13ClF3NOS. The third kappa shape index (κ3) is 4.71. The van der Waals surface area contributed by atoms with Crippen LogP contribution in [0.1, 0.15) is 31.9 Å². The van der Waals surface area contributed by atoms with Gasteiger partial charge in [-0.15, -0.1) is 0 Å². The second-order valence-electron chi connectivity index (χ2n) is 4.83. The average molecular weight is 312 g/mol. The first-order chi connectivity index (χ1) is 8.51. The fourth-order valence-electron chi connectivity index (χ4n) is 1.08. The van der Waals surface area contributed by atoms with E-state index >= 15 is 0 Å². The summed E-state index contributed by atoms with van der Waals surface area (Å²) < 4.78 is 52.5. The Kier molecular flexibility index (Phi) is 4.92. The molecule has 1 atom stereocenters. The lowest BCUT2D eigenvalue weighted by Crippen LogP contribution is -2.25. The molecule has 0 radical (unpaired) electrons. The molecule has 0 aliphatic rings. The standard InChI is InChI=1S/C12H13ClF3NOS/c1-11(2,3)19(18)17-7-8-6-9(12(14,15)16)4-5-10(8)13/h4-7H,1-3H3/b17-7+. The highest BCUT2D eigenvalue weighted by molar-refractivity contribution is 7.91. The maximum absolute atomic E-state index is 12.5. The van der Waals surface area contributed by atoms with Crippen molar-refractivity contribution in [2.24, 2.45) is 4.40 Å². The summed E-state index contributed by atoms with van der Waals surface area (Å²) in [5, 5.41) is 0.127. The van der Waals surface area contributed by atoms with Gasteiger partial charge in [0.1, 0.15) is 16.1 Å². The zero-order valence-corrected chi connectivity index (χ0v) is 12.2. The van der Waals surface area contributed by atoms with Crippen LogP contribution in [0.4, 0.5) is 13.2 Å². The summed E-state index contributed by atoms with van der Waals surface area (Å²) in [6.45, 7) is 5.15. The fourth-order valence-corrected chi connectivity index (χ4v) is 1.77. The fraction of sp³-hybridized carbons (Fsp3) is 0.417. The molecule has 0 fully saturated rings. The van der Waals surface area contributed by atoms with Crippen LogP contribution in [0, 0.1) is 0 Å². The summed E-state index contributed by atoms with van der Waals surface area (Å²) in [5.74, 6) is 0. The Bertz CT molecular complexity index is 483.